The van der Waals surface area contributed by atoms with E-state index in [0.717, 1.165) is 22.1 Å². The zero-order chi connectivity index (χ0) is 15.1. The first kappa shape index (κ1) is 15.1. The summed E-state index contributed by atoms with van der Waals surface area (Å²) in [4.78, 5) is 11.6. The standard InChI is InChI=1S/C17H20N2O2/c1-3-8-18-12-17(20)19-11-13-4-5-15-10-16(21-2)7-6-14(15)9-13/h3-7,9-10,18H,1,8,11-12H2,2H3,(H,19,20). The fourth-order valence-corrected chi connectivity index (χ4v) is 2.06. The third-order valence-electron chi connectivity index (χ3n) is 3.18. The number of rotatable bonds is 7. The second-order valence-electron chi connectivity index (χ2n) is 4.74. The Morgan fingerprint density at radius 1 is 1.24 bits per heavy atom. The number of carbonyl (C=O) groups is 1. The Hall–Kier alpha value is -2.33. The van der Waals surface area contributed by atoms with Crippen molar-refractivity contribution < 1.29 is 9.53 Å². The Labute approximate surface area is 124 Å². The molecule has 110 valence electrons. The number of hydrogen-bond acceptors (Lipinski definition) is 3. The second kappa shape index (κ2) is 7.45. The summed E-state index contributed by atoms with van der Waals surface area (Å²) < 4.78 is 5.21. The quantitative estimate of drug-likeness (QED) is 0.605. The third-order valence-corrected chi connectivity index (χ3v) is 3.18. The molecule has 0 heterocycles. The number of benzene rings is 2. The van der Waals surface area contributed by atoms with Gasteiger partial charge in [-0.2, -0.15) is 0 Å². The van der Waals surface area contributed by atoms with Crippen LogP contribution in [0.2, 0.25) is 0 Å². The number of amides is 1. The molecule has 2 aromatic carbocycles. The summed E-state index contributed by atoms with van der Waals surface area (Å²) in [6, 6.07) is 12.1. The highest BCUT2D eigenvalue weighted by atomic mass is 16.5. The van der Waals surface area contributed by atoms with Crippen molar-refractivity contribution in [2.45, 2.75) is 6.54 Å². The van der Waals surface area contributed by atoms with Crippen LogP contribution in [-0.4, -0.2) is 26.1 Å². The number of nitrogens with one attached hydrogen (secondary N) is 2. The minimum Gasteiger partial charge on any atom is -0.497 e. The van der Waals surface area contributed by atoms with Crippen LogP contribution in [0.25, 0.3) is 10.8 Å². The van der Waals surface area contributed by atoms with Crippen molar-refractivity contribution >= 4 is 16.7 Å². The predicted molar refractivity (Wildman–Crippen MR) is 85.4 cm³/mol. The van der Waals surface area contributed by atoms with E-state index in [1.165, 1.54) is 0 Å². The lowest BCUT2D eigenvalue weighted by atomic mass is 10.1. The molecule has 1 amide bonds. The third kappa shape index (κ3) is 4.33. The lowest BCUT2D eigenvalue weighted by Gasteiger charge is -2.08. The summed E-state index contributed by atoms with van der Waals surface area (Å²) in [7, 11) is 1.66. The molecule has 0 spiro atoms. The molecule has 0 aliphatic rings. The van der Waals surface area contributed by atoms with Crippen molar-refractivity contribution in [1.82, 2.24) is 10.6 Å². The van der Waals surface area contributed by atoms with Gasteiger partial charge in [-0.25, -0.2) is 0 Å². The van der Waals surface area contributed by atoms with Gasteiger partial charge in [0.2, 0.25) is 5.91 Å². The van der Waals surface area contributed by atoms with Gasteiger partial charge in [0.05, 0.1) is 13.7 Å². The average Bonchev–Trinajstić information content (AvgIpc) is 2.52. The number of carbonyl (C=O) groups excluding carboxylic acids is 1. The summed E-state index contributed by atoms with van der Waals surface area (Å²) >= 11 is 0. The molecule has 0 aliphatic carbocycles. The summed E-state index contributed by atoms with van der Waals surface area (Å²) in [5.41, 5.74) is 1.07. The van der Waals surface area contributed by atoms with Gasteiger partial charge in [-0.15, -0.1) is 6.58 Å². The van der Waals surface area contributed by atoms with Gasteiger partial charge in [-0.3, -0.25) is 4.79 Å². The first-order valence-electron chi connectivity index (χ1n) is 6.88. The van der Waals surface area contributed by atoms with Crippen molar-refractivity contribution in [3.8, 4) is 5.75 Å². The van der Waals surface area contributed by atoms with Crippen LogP contribution in [0.5, 0.6) is 5.75 Å². The largest absolute Gasteiger partial charge is 0.497 e. The van der Waals surface area contributed by atoms with Gasteiger partial charge in [0.25, 0.3) is 0 Å². The van der Waals surface area contributed by atoms with Gasteiger partial charge >= 0.3 is 0 Å². The van der Waals surface area contributed by atoms with Gasteiger partial charge < -0.3 is 15.4 Å². The molecule has 4 nitrogen and oxygen atoms in total. The molecule has 2 aromatic rings. The molecule has 2 N–H and O–H groups in total. The summed E-state index contributed by atoms with van der Waals surface area (Å²) in [5, 5.41) is 8.11. The van der Waals surface area contributed by atoms with E-state index >= 15 is 0 Å². The minimum absolute atomic E-state index is 0.0216. The van der Waals surface area contributed by atoms with Gasteiger partial charge in [-0.05, 0) is 34.5 Å². The van der Waals surface area contributed by atoms with Crippen LogP contribution in [0.1, 0.15) is 5.56 Å². The first-order chi connectivity index (χ1) is 10.2. The Morgan fingerprint density at radius 2 is 2.00 bits per heavy atom. The molecule has 0 saturated heterocycles. The Morgan fingerprint density at radius 3 is 2.76 bits per heavy atom. The van der Waals surface area contributed by atoms with Crippen LogP contribution in [0, 0.1) is 0 Å². The molecule has 0 saturated carbocycles. The SMILES string of the molecule is C=CCNCC(=O)NCc1ccc2cc(OC)ccc2c1. The highest BCUT2D eigenvalue weighted by Crippen LogP contribution is 2.21. The van der Waals surface area contributed by atoms with Crippen molar-refractivity contribution in [2.24, 2.45) is 0 Å². The zero-order valence-corrected chi connectivity index (χ0v) is 12.2. The number of ether oxygens (including phenoxy) is 1. The number of fused-ring (bicyclic) bond motifs is 1. The Kier molecular flexibility index (Phi) is 5.35. The van der Waals surface area contributed by atoms with Crippen molar-refractivity contribution in [3.05, 3.63) is 54.6 Å². The highest BCUT2D eigenvalue weighted by Gasteiger charge is 2.02. The van der Waals surface area contributed by atoms with Crippen molar-refractivity contribution in [1.29, 1.82) is 0 Å². The second-order valence-corrected chi connectivity index (χ2v) is 4.74. The zero-order valence-electron chi connectivity index (χ0n) is 12.2. The smallest absolute Gasteiger partial charge is 0.234 e. The maximum atomic E-state index is 11.6. The predicted octanol–water partition coefficient (Wildman–Crippen LogP) is 2.24. The molecule has 0 aromatic heterocycles. The Bertz CT molecular complexity index is 638. The molecule has 0 fully saturated rings. The lowest BCUT2D eigenvalue weighted by molar-refractivity contribution is -0.120. The minimum atomic E-state index is -0.0216. The highest BCUT2D eigenvalue weighted by molar-refractivity contribution is 5.84. The number of methoxy groups -OCH3 is 1. The molecule has 4 heteroatoms. The lowest BCUT2D eigenvalue weighted by Crippen LogP contribution is -2.33. The van der Waals surface area contributed by atoms with Gasteiger partial charge in [0.1, 0.15) is 5.75 Å². The van der Waals surface area contributed by atoms with E-state index in [2.05, 4.69) is 23.3 Å². The maximum Gasteiger partial charge on any atom is 0.234 e. The fraction of sp³-hybridized carbons (Fsp3) is 0.235. The normalized spacial score (nSPS) is 10.3. The van der Waals surface area contributed by atoms with Crippen LogP contribution in [0.3, 0.4) is 0 Å². The van der Waals surface area contributed by atoms with Gasteiger partial charge in [-0.1, -0.05) is 24.3 Å². The van der Waals surface area contributed by atoms with Crippen LogP contribution < -0.4 is 15.4 Å². The molecule has 0 radical (unpaired) electrons. The molecule has 2 rings (SSSR count). The summed E-state index contributed by atoms with van der Waals surface area (Å²) in [6.45, 7) is 5.05. The van der Waals surface area contributed by atoms with Crippen LogP contribution in [-0.2, 0) is 11.3 Å². The van der Waals surface area contributed by atoms with E-state index in [4.69, 9.17) is 4.74 Å². The summed E-state index contributed by atoms with van der Waals surface area (Å²) in [5.74, 6) is 0.823. The maximum absolute atomic E-state index is 11.6. The summed E-state index contributed by atoms with van der Waals surface area (Å²) in [6.07, 6.45) is 1.73. The Balaban J connectivity index is 1.96. The van der Waals surface area contributed by atoms with Crippen LogP contribution >= 0.6 is 0 Å². The average molecular weight is 284 g/mol. The monoisotopic (exact) mass is 284 g/mol. The molecule has 21 heavy (non-hydrogen) atoms. The van der Waals surface area contributed by atoms with Gasteiger partial charge in [0.15, 0.2) is 0 Å². The molecule has 0 bridgehead atoms. The van der Waals surface area contributed by atoms with Crippen molar-refractivity contribution in [3.63, 3.8) is 0 Å². The van der Waals surface area contributed by atoms with E-state index in [0.29, 0.717) is 19.6 Å². The van der Waals surface area contributed by atoms with E-state index in [-0.39, 0.29) is 5.91 Å². The molecule has 0 aliphatic heterocycles. The van der Waals surface area contributed by atoms with E-state index in [1.807, 2.05) is 30.3 Å². The van der Waals surface area contributed by atoms with Gasteiger partial charge in [0, 0.05) is 13.1 Å². The number of hydrogen-bond donors (Lipinski definition) is 2. The van der Waals surface area contributed by atoms with E-state index in [9.17, 15) is 4.79 Å². The molecular formula is C17H20N2O2. The van der Waals surface area contributed by atoms with E-state index < -0.39 is 0 Å². The van der Waals surface area contributed by atoms with E-state index in [1.54, 1.807) is 13.2 Å². The van der Waals surface area contributed by atoms with Crippen LogP contribution in [0.15, 0.2) is 49.1 Å². The fourth-order valence-electron chi connectivity index (χ4n) is 2.06. The molecule has 0 atom stereocenters. The molecule has 0 unspecified atom stereocenters. The van der Waals surface area contributed by atoms with Crippen LogP contribution in [0.4, 0.5) is 0 Å². The topological polar surface area (TPSA) is 50.4 Å². The van der Waals surface area contributed by atoms with Crippen molar-refractivity contribution in [2.75, 3.05) is 20.2 Å². The first-order valence-corrected chi connectivity index (χ1v) is 6.88. The molecular weight excluding hydrogens is 264 g/mol.